The molecule has 3 atom stereocenters. The van der Waals surface area contributed by atoms with Gasteiger partial charge < -0.3 is 9.16 Å². The van der Waals surface area contributed by atoms with Crippen LogP contribution in [0.4, 0.5) is 0 Å². The zero-order valence-corrected chi connectivity index (χ0v) is 17.9. The van der Waals surface area contributed by atoms with E-state index in [0.29, 0.717) is 29.0 Å². The fraction of sp³-hybridized carbons (Fsp3) is 0.591. The maximum absolute atomic E-state index is 12.8. The van der Waals surface area contributed by atoms with Crippen LogP contribution >= 0.6 is 0 Å². The summed E-state index contributed by atoms with van der Waals surface area (Å²) in [7, 11) is -2.15. The van der Waals surface area contributed by atoms with Crippen LogP contribution in [0, 0.1) is 11.3 Å². The van der Waals surface area contributed by atoms with Crippen LogP contribution in [0.25, 0.3) is 0 Å². The largest absolute Gasteiger partial charge is 0.545 e. The molecule has 0 bridgehead atoms. The molecule has 0 N–H and O–H groups in total. The summed E-state index contributed by atoms with van der Waals surface area (Å²) in [6.45, 7) is 18.3. The fourth-order valence-corrected chi connectivity index (χ4v) is 10.9. The Balaban J connectivity index is 1.96. The molecule has 1 aromatic rings. The number of carbonyl (C=O) groups excluding carboxylic acids is 1. The van der Waals surface area contributed by atoms with Crippen LogP contribution in [0.1, 0.15) is 53.0 Å². The highest BCUT2D eigenvalue weighted by Gasteiger charge is 2.77. The zero-order chi connectivity index (χ0) is 19.3. The third kappa shape index (κ3) is 2.49. The van der Waals surface area contributed by atoms with E-state index in [2.05, 4.69) is 60.3 Å². The lowest BCUT2D eigenvalue weighted by molar-refractivity contribution is -0.144. The van der Waals surface area contributed by atoms with Gasteiger partial charge in [-0.2, -0.15) is 0 Å². The topological polar surface area (TPSA) is 35.5 Å². The van der Waals surface area contributed by atoms with Crippen molar-refractivity contribution in [2.45, 2.75) is 64.1 Å². The molecule has 0 amide bonds. The van der Waals surface area contributed by atoms with Crippen LogP contribution in [0.3, 0.4) is 0 Å². The lowest BCUT2D eigenvalue weighted by Gasteiger charge is -2.43. The van der Waals surface area contributed by atoms with Gasteiger partial charge in [-0.25, -0.2) is 0 Å². The Morgan fingerprint density at radius 1 is 1.12 bits per heavy atom. The minimum atomic E-state index is -2.15. The Labute approximate surface area is 158 Å². The summed E-state index contributed by atoms with van der Waals surface area (Å²) in [6, 6.07) is 10.3. The fourth-order valence-electron chi connectivity index (χ4n) is 5.55. The van der Waals surface area contributed by atoms with Gasteiger partial charge in [-0.15, -0.1) is 0 Å². The Morgan fingerprint density at radius 3 is 2.15 bits per heavy atom. The number of benzene rings is 1. The number of ether oxygens (including phenoxy) is 1. The Bertz CT molecular complexity index is 673. The van der Waals surface area contributed by atoms with Gasteiger partial charge in [0.25, 0.3) is 8.32 Å². The van der Waals surface area contributed by atoms with Crippen molar-refractivity contribution in [3.05, 3.63) is 48.2 Å². The predicted molar refractivity (Wildman–Crippen MR) is 107 cm³/mol. The SMILES string of the molecule is C=C(O[Si](C(C)C)(C(C)C)C(C)C)[C@@]12C(=O)OC[C@@H]1[C@H]2c1ccccc1. The molecule has 0 unspecified atom stereocenters. The van der Waals surface area contributed by atoms with Gasteiger partial charge in [0.05, 0.1) is 12.4 Å². The van der Waals surface area contributed by atoms with Gasteiger partial charge in [-0.3, -0.25) is 4.79 Å². The number of hydrogen-bond donors (Lipinski definition) is 0. The molecule has 1 saturated heterocycles. The molecular weight excluding hydrogens is 340 g/mol. The first-order valence-corrected chi connectivity index (χ1v) is 11.9. The Kier molecular flexibility index (Phi) is 4.85. The van der Waals surface area contributed by atoms with Gasteiger partial charge in [0, 0.05) is 11.8 Å². The first-order chi connectivity index (χ1) is 12.2. The minimum absolute atomic E-state index is 0.135. The summed E-state index contributed by atoms with van der Waals surface area (Å²) in [4.78, 5) is 12.8. The molecule has 2 fully saturated rings. The van der Waals surface area contributed by atoms with Crippen LogP contribution in [-0.4, -0.2) is 20.9 Å². The standard InChI is InChI=1S/C22H32O3Si/c1-14(2)26(15(3)4,16(5)6)25-17(7)22-19(13-24-21(22)23)20(22)18-11-9-8-10-12-18/h8-12,14-16,19-20H,7,13H2,1-6H3/t19-,20-,22-/m1/s1. The maximum atomic E-state index is 12.8. The van der Waals surface area contributed by atoms with E-state index in [-0.39, 0.29) is 17.8 Å². The van der Waals surface area contributed by atoms with Gasteiger partial charge in [0.15, 0.2) is 0 Å². The Morgan fingerprint density at radius 2 is 1.65 bits per heavy atom. The smallest absolute Gasteiger partial charge is 0.320 e. The molecule has 4 heteroatoms. The third-order valence-electron chi connectivity index (χ3n) is 6.73. The second-order valence-electron chi connectivity index (χ2n) is 8.81. The van der Waals surface area contributed by atoms with Crippen LogP contribution in [0.15, 0.2) is 42.7 Å². The van der Waals surface area contributed by atoms with E-state index in [1.54, 1.807) is 0 Å². The highest BCUT2D eigenvalue weighted by Crippen LogP contribution is 2.72. The van der Waals surface area contributed by atoms with Crippen molar-refractivity contribution >= 4 is 14.3 Å². The molecule has 3 rings (SSSR count). The third-order valence-corrected chi connectivity index (χ3v) is 12.7. The minimum Gasteiger partial charge on any atom is -0.545 e. The number of esters is 1. The molecule has 0 spiro atoms. The molecule has 142 valence electrons. The van der Waals surface area contributed by atoms with E-state index < -0.39 is 13.7 Å². The van der Waals surface area contributed by atoms with Crippen molar-refractivity contribution in [1.82, 2.24) is 0 Å². The molecule has 2 aliphatic rings. The predicted octanol–water partition coefficient (Wildman–Crippen LogP) is 5.65. The number of rotatable bonds is 7. The summed E-state index contributed by atoms with van der Waals surface area (Å²) in [5.41, 5.74) is 1.84. The van der Waals surface area contributed by atoms with Gasteiger partial charge in [0.2, 0.25) is 0 Å². The second-order valence-corrected chi connectivity index (χ2v) is 14.2. The van der Waals surface area contributed by atoms with E-state index in [4.69, 9.17) is 9.16 Å². The van der Waals surface area contributed by atoms with Crippen LogP contribution in [0.5, 0.6) is 0 Å². The van der Waals surface area contributed by atoms with Crippen molar-refractivity contribution in [3.63, 3.8) is 0 Å². The number of hydrogen-bond acceptors (Lipinski definition) is 3. The first-order valence-electron chi connectivity index (χ1n) is 9.81. The second kappa shape index (κ2) is 6.56. The van der Waals surface area contributed by atoms with Crippen molar-refractivity contribution < 1.29 is 14.0 Å². The van der Waals surface area contributed by atoms with Crippen LogP contribution < -0.4 is 0 Å². The molecule has 26 heavy (non-hydrogen) atoms. The normalized spacial score (nSPS) is 27.7. The van der Waals surface area contributed by atoms with E-state index in [0.717, 1.165) is 0 Å². The zero-order valence-electron chi connectivity index (χ0n) is 16.9. The summed E-state index contributed by atoms with van der Waals surface area (Å²) in [6.07, 6.45) is 0. The van der Waals surface area contributed by atoms with Crippen LogP contribution in [-0.2, 0) is 14.0 Å². The molecule has 0 radical (unpaired) electrons. The molecule has 1 saturated carbocycles. The van der Waals surface area contributed by atoms with Gasteiger partial charge >= 0.3 is 5.97 Å². The molecular formula is C22H32O3Si. The Hall–Kier alpha value is -1.55. The molecule has 1 aliphatic heterocycles. The van der Waals surface area contributed by atoms with E-state index in [9.17, 15) is 4.79 Å². The molecule has 0 aromatic heterocycles. The van der Waals surface area contributed by atoms with E-state index in [1.807, 2.05) is 18.2 Å². The van der Waals surface area contributed by atoms with Crippen molar-refractivity contribution in [2.75, 3.05) is 6.61 Å². The summed E-state index contributed by atoms with van der Waals surface area (Å²) < 4.78 is 12.2. The summed E-state index contributed by atoms with van der Waals surface area (Å²) >= 11 is 0. The monoisotopic (exact) mass is 372 g/mol. The van der Waals surface area contributed by atoms with Gasteiger partial charge in [0.1, 0.15) is 5.41 Å². The highest BCUT2D eigenvalue weighted by molar-refractivity contribution is 6.77. The molecule has 1 aromatic carbocycles. The molecule has 1 aliphatic carbocycles. The molecule has 3 nitrogen and oxygen atoms in total. The quantitative estimate of drug-likeness (QED) is 0.352. The number of fused-ring (bicyclic) bond motifs is 1. The maximum Gasteiger partial charge on any atom is 0.320 e. The lowest BCUT2D eigenvalue weighted by Crippen LogP contribution is -2.48. The van der Waals surface area contributed by atoms with Crippen molar-refractivity contribution in [3.8, 4) is 0 Å². The molecule has 1 heterocycles. The first kappa shape index (κ1) is 19.2. The lowest BCUT2D eigenvalue weighted by atomic mass is 9.97. The summed E-state index contributed by atoms with van der Waals surface area (Å²) in [5, 5.41) is 0. The highest BCUT2D eigenvalue weighted by atomic mass is 28.4. The van der Waals surface area contributed by atoms with Crippen molar-refractivity contribution in [2.24, 2.45) is 11.3 Å². The van der Waals surface area contributed by atoms with Gasteiger partial charge in [-0.1, -0.05) is 78.5 Å². The van der Waals surface area contributed by atoms with E-state index in [1.165, 1.54) is 5.56 Å². The number of cyclic esters (lactones) is 1. The summed E-state index contributed by atoms with van der Waals surface area (Å²) in [5.74, 6) is 0.792. The average Bonchev–Trinajstić information content (AvgIpc) is 3.16. The van der Waals surface area contributed by atoms with Crippen molar-refractivity contribution in [1.29, 1.82) is 0 Å². The van der Waals surface area contributed by atoms with E-state index >= 15 is 0 Å². The van der Waals surface area contributed by atoms with Gasteiger partial charge in [-0.05, 0) is 22.2 Å². The average molecular weight is 373 g/mol. The van der Waals surface area contributed by atoms with Crippen LogP contribution in [0.2, 0.25) is 16.6 Å². The number of carbonyl (C=O) groups is 1.